The number of pyridine rings is 2. The predicted molar refractivity (Wildman–Crippen MR) is 89.3 cm³/mol. The molecule has 0 atom stereocenters. The van der Waals surface area contributed by atoms with Crippen LogP contribution in [0.25, 0.3) is 11.0 Å². The number of anilines is 1. The largest absolute Gasteiger partial charge is 0.481 e. The maximum absolute atomic E-state index is 11.0. The Hall–Kier alpha value is -2.91. The molecule has 9 heteroatoms. The van der Waals surface area contributed by atoms with E-state index in [9.17, 15) is 8.42 Å². The lowest BCUT2D eigenvalue weighted by Crippen LogP contribution is -2.21. The van der Waals surface area contributed by atoms with Crippen LogP contribution in [0.3, 0.4) is 0 Å². The van der Waals surface area contributed by atoms with Crippen LogP contribution >= 0.6 is 0 Å². The number of rotatable bonds is 5. The lowest BCUT2D eigenvalue weighted by atomic mass is 10.2. The van der Waals surface area contributed by atoms with Gasteiger partial charge in [-0.05, 0) is 36.4 Å². The summed E-state index contributed by atoms with van der Waals surface area (Å²) in [6.45, 7) is 0. The van der Waals surface area contributed by atoms with E-state index in [4.69, 9.17) is 14.6 Å². The molecule has 0 saturated heterocycles. The quantitative estimate of drug-likeness (QED) is 0.730. The number of nitrogens with two attached hydrogens (primary N) is 1. The van der Waals surface area contributed by atoms with Crippen LogP contribution in [0.15, 0.2) is 48.7 Å². The van der Waals surface area contributed by atoms with Gasteiger partial charge in [0.05, 0.1) is 12.5 Å². The van der Waals surface area contributed by atoms with Gasteiger partial charge in [-0.2, -0.15) is 13.4 Å². The molecule has 3 rings (SSSR count). The third kappa shape index (κ3) is 3.70. The minimum atomic E-state index is -3.80. The molecule has 1 aromatic carbocycles. The summed E-state index contributed by atoms with van der Waals surface area (Å²) in [5, 5.41) is 5.65. The molecule has 124 valence electrons. The Balaban J connectivity index is 1.87. The van der Waals surface area contributed by atoms with E-state index in [1.165, 1.54) is 7.11 Å². The van der Waals surface area contributed by atoms with Gasteiger partial charge in [-0.15, -0.1) is 0 Å². The first-order valence-corrected chi connectivity index (χ1v) is 8.37. The molecule has 0 aliphatic rings. The summed E-state index contributed by atoms with van der Waals surface area (Å²) >= 11 is 0. The fourth-order valence-corrected chi connectivity index (χ4v) is 2.54. The molecule has 0 spiro atoms. The maximum atomic E-state index is 11.0. The van der Waals surface area contributed by atoms with Gasteiger partial charge in [0.2, 0.25) is 5.88 Å². The van der Waals surface area contributed by atoms with Crippen molar-refractivity contribution in [3.63, 3.8) is 0 Å². The van der Waals surface area contributed by atoms with E-state index in [0.29, 0.717) is 28.7 Å². The first kappa shape index (κ1) is 16.0. The van der Waals surface area contributed by atoms with Crippen molar-refractivity contribution in [2.75, 3.05) is 11.8 Å². The number of nitrogens with one attached hydrogen (secondary N) is 1. The van der Waals surface area contributed by atoms with Gasteiger partial charge in [-0.25, -0.2) is 10.1 Å². The molecule has 0 bridgehead atoms. The first-order valence-electron chi connectivity index (χ1n) is 6.83. The van der Waals surface area contributed by atoms with Crippen molar-refractivity contribution in [1.29, 1.82) is 0 Å². The van der Waals surface area contributed by atoms with Crippen LogP contribution in [0.5, 0.6) is 17.4 Å². The van der Waals surface area contributed by atoms with Crippen molar-refractivity contribution in [3.8, 4) is 17.4 Å². The Morgan fingerprint density at radius 1 is 1.08 bits per heavy atom. The second kappa shape index (κ2) is 6.30. The standard InChI is InChI=1S/C15H14N4O4S/c1-22-14-7-6-12-13(8-9-17-15(12)18-14)23-11-4-2-10(3-5-11)19-24(16,20)21/h2-9,19H,1H3,(H2,16,20,21). The number of ether oxygens (including phenoxy) is 2. The van der Waals surface area contributed by atoms with Gasteiger partial charge in [0.1, 0.15) is 11.5 Å². The molecular formula is C15H14N4O4S. The van der Waals surface area contributed by atoms with Crippen molar-refractivity contribution < 1.29 is 17.9 Å². The second-order valence-electron chi connectivity index (χ2n) is 4.81. The molecule has 0 aliphatic carbocycles. The smallest absolute Gasteiger partial charge is 0.296 e. The summed E-state index contributed by atoms with van der Waals surface area (Å²) in [4.78, 5) is 8.43. The number of aromatic nitrogens is 2. The number of nitrogens with zero attached hydrogens (tertiary/aromatic N) is 2. The Kier molecular flexibility index (Phi) is 4.19. The molecule has 0 saturated carbocycles. The lowest BCUT2D eigenvalue weighted by Gasteiger charge is -2.10. The minimum absolute atomic E-state index is 0.343. The molecule has 0 unspecified atom stereocenters. The minimum Gasteiger partial charge on any atom is -0.481 e. The fraction of sp³-hybridized carbons (Fsp3) is 0.0667. The van der Waals surface area contributed by atoms with Gasteiger partial charge in [-0.3, -0.25) is 4.72 Å². The summed E-state index contributed by atoms with van der Waals surface area (Å²) in [5.74, 6) is 1.56. The highest BCUT2D eigenvalue weighted by molar-refractivity contribution is 7.90. The number of hydrogen-bond acceptors (Lipinski definition) is 6. The van der Waals surface area contributed by atoms with Crippen LogP contribution in [-0.2, 0) is 10.2 Å². The monoisotopic (exact) mass is 346 g/mol. The van der Waals surface area contributed by atoms with E-state index in [1.807, 2.05) is 0 Å². The van der Waals surface area contributed by atoms with Gasteiger partial charge in [0, 0.05) is 18.0 Å². The number of hydrogen-bond donors (Lipinski definition) is 2. The number of benzene rings is 1. The van der Waals surface area contributed by atoms with Crippen molar-refractivity contribution in [1.82, 2.24) is 9.97 Å². The molecule has 24 heavy (non-hydrogen) atoms. The third-order valence-corrected chi connectivity index (χ3v) is 3.61. The Labute approximate surface area is 138 Å². The molecule has 0 fully saturated rings. The zero-order valence-corrected chi connectivity index (χ0v) is 13.4. The van der Waals surface area contributed by atoms with Gasteiger partial charge in [-0.1, -0.05) is 0 Å². The normalized spacial score (nSPS) is 11.2. The van der Waals surface area contributed by atoms with Gasteiger partial charge < -0.3 is 9.47 Å². The van der Waals surface area contributed by atoms with E-state index >= 15 is 0 Å². The molecule has 0 radical (unpaired) electrons. The van der Waals surface area contributed by atoms with Crippen LogP contribution in [0, 0.1) is 0 Å². The van der Waals surface area contributed by atoms with Crippen LogP contribution < -0.4 is 19.3 Å². The highest BCUT2D eigenvalue weighted by atomic mass is 32.2. The highest BCUT2D eigenvalue weighted by Crippen LogP contribution is 2.29. The van der Waals surface area contributed by atoms with E-state index in [2.05, 4.69) is 14.7 Å². The predicted octanol–water partition coefficient (Wildman–Crippen LogP) is 2.05. The summed E-state index contributed by atoms with van der Waals surface area (Å²) in [5.41, 5.74) is 0.843. The van der Waals surface area contributed by atoms with E-state index in [1.54, 1.807) is 48.7 Å². The van der Waals surface area contributed by atoms with E-state index < -0.39 is 10.2 Å². The van der Waals surface area contributed by atoms with Crippen molar-refractivity contribution in [2.24, 2.45) is 5.14 Å². The van der Waals surface area contributed by atoms with Crippen molar-refractivity contribution >= 4 is 26.9 Å². The molecule has 3 N–H and O–H groups in total. The summed E-state index contributed by atoms with van der Waals surface area (Å²) in [6.07, 6.45) is 1.58. The average Bonchev–Trinajstić information content (AvgIpc) is 2.55. The number of fused-ring (bicyclic) bond motifs is 1. The fourth-order valence-electron chi connectivity index (χ4n) is 2.07. The van der Waals surface area contributed by atoms with Crippen molar-refractivity contribution in [3.05, 3.63) is 48.7 Å². The molecule has 0 aliphatic heterocycles. The van der Waals surface area contributed by atoms with Crippen LogP contribution in [0.4, 0.5) is 5.69 Å². The molecule has 8 nitrogen and oxygen atoms in total. The Bertz CT molecular complexity index is 974. The zero-order valence-electron chi connectivity index (χ0n) is 12.6. The summed E-state index contributed by atoms with van der Waals surface area (Å²) in [7, 11) is -2.27. The maximum Gasteiger partial charge on any atom is 0.296 e. The topological polar surface area (TPSA) is 116 Å². The molecule has 3 aromatic rings. The van der Waals surface area contributed by atoms with E-state index in [-0.39, 0.29) is 0 Å². The molecule has 2 heterocycles. The Morgan fingerprint density at radius 3 is 2.50 bits per heavy atom. The van der Waals surface area contributed by atoms with Crippen LogP contribution in [0.1, 0.15) is 0 Å². The van der Waals surface area contributed by atoms with Gasteiger partial charge in [0.25, 0.3) is 10.2 Å². The highest BCUT2D eigenvalue weighted by Gasteiger charge is 2.08. The third-order valence-electron chi connectivity index (χ3n) is 3.09. The molecular weight excluding hydrogens is 332 g/mol. The summed E-state index contributed by atoms with van der Waals surface area (Å²) in [6, 6.07) is 11.6. The van der Waals surface area contributed by atoms with Gasteiger partial charge >= 0.3 is 0 Å². The second-order valence-corrected chi connectivity index (χ2v) is 6.10. The molecule has 2 aromatic heterocycles. The SMILES string of the molecule is COc1ccc2c(Oc3ccc(NS(N)(=O)=O)cc3)ccnc2n1. The Morgan fingerprint density at radius 2 is 1.83 bits per heavy atom. The van der Waals surface area contributed by atoms with Crippen LogP contribution in [-0.4, -0.2) is 25.5 Å². The molecule has 0 amide bonds. The lowest BCUT2D eigenvalue weighted by molar-refractivity contribution is 0.399. The first-order chi connectivity index (χ1) is 11.4. The van der Waals surface area contributed by atoms with Crippen molar-refractivity contribution in [2.45, 2.75) is 0 Å². The average molecular weight is 346 g/mol. The van der Waals surface area contributed by atoms with Gasteiger partial charge in [0.15, 0.2) is 5.65 Å². The summed E-state index contributed by atoms with van der Waals surface area (Å²) < 4.78 is 35.0. The number of methoxy groups -OCH3 is 1. The zero-order chi connectivity index (χ0) is 17.2. The van der Waals surface area contributed by atoms with E-state index in [0.717, 1.165) is 5.39 Å². The van der Waals surface area contributed by atoms with Crippen LogP contribution in [0.2, 0.25) is 0 Å².